The van der Waals surface area contributed by atoms with Gasteiger partial charge in [0.1, 0.15) is 0 Å². The number of fused-ring (bicyclic) bond motifs is 5. The van der Waals surface area contributed by atoms with Crippen LogP contribution < -0.4 is 0 Å². The number of benzene rings is 8. The minimum Gasteiger partial charge on any atom is -0.208 e. The van der Waals surface area contributed by atoms with Crippen LogP contribution in [0.3, 0.4) is 0 Å². The van der Waals surface area contributed by atoms with E-state index in [0.29, 0.717) is 11.6 Å². The van der Waals surface area contributed by atoms with Crippen molar-refractivity contribution in [3.05, 3.63) is 210 Å². The van der Waals surface area contributed by atoms with Crippen LogP contribution in [-0.2, 0) is 5.41 Å². The van der Waals surface area contributed by atoms with Crippen molar-refractivity contribution in [1.82, 2.24) is 15.0 Å². The van der Waals surface area contributed by atoms with E-state index in [4.69, 9.17) is 21.6 Å². The minimum absolute atomic E-state index is 0.156. The van der Waals surface area contributed by atoms with Gasteiger partial charge in [0, 0.05) is 11.1 Å². The Morgan fingerprint density at radius 2 is 0.788 bits per heavy atom. The van der Waals surface area contributed by atoms with Crippen molar-refractivity contribution in [2.75, 3.05) is 0 Å². The van der Waals surface area contributed by atoms with Crippen molar-refractivity contribution in [2.45, 2.75) is 5.41 Å². The SMILES string of the molecule is Clc1nc(-c2ccc(C3(c4ccccc4)c4ccccc4-c4ccccc43)cc2)nc(-c2c3ccccc3c(-c3ccccc3)c3ccccc23)n1. The Morgan fingerprint density at radius 3 is 1.37 bits per heavy atom. The minimum atomic E-state index is -0.479. The Kier molecular flexibility index (Phi) is 7.09. The number of nitrogens with zero attached hydrogens (tertiary/aromatic N) is 3. The lowest BCUT2D eigenvalue weighted by molar-refractivity contribution is 0.768. The Labute approximate surface area is 306 Å². The van der Waals surface area contributed by atoms with E-state index in [1.165, 1.54) is 38.9 Å². The smallest absolute Gasteiger partial charge is 0.208 e. The lowest BCUT2D eigenvalue weighted by Crippen LogP contribution is -2.28. The van der Waals surface area contributed by atoms with Crippen molar-refractivity contribution in [2.24, 2.45) is 0 Å². The summed E-state index contributed by atoms with van der Waals surface area (Å²) < 4.78 is 0. The molecule has 0 fully saturated rings. The molecule has 1 heterocycles. The number of rotatable bonds is 5. The van der Waals surface area contributed by atoms with Gasteiger partial charge in [0.05, 0.1) is 5.41 Å². The average molecular weight is 684 g/mol. The molecule has 0 spiro atoms. The van der Waals surface area contributed by atoms with E-state index in [1.54, 1.807) is 0 Å². The first kappa shape index (κ1) is 30.4. The van der Waals surface area contributed by atoms with E-state index in [9.17, 15) is 0 Å². The average Bonchev–Trinajstić information content (AvgIpc) is 3.51. The number of hydrogen-bond donors (Lipinski definition) is 0. The zero-order valence-corrected chi connectivity index (χ0v) is 28.8. The summed E-state index contributed by atoms with van der Waals surface area (Å²) in [7, 11) is 0. The largest absolute Gasteiger partial charge is 0.226 e. The fourth-order valence-corrected chi connectivity index (χ4v) is 8.62. The van der Waals surface area contributed by atoms with E-state index in [1.807, 2.05) is 0 Å². The molecule has 244 valence electrons. The first-order chi connectivity index (χ1) is 25.7. The van der Waals surface area contributed by atoms with Gasteiger partial charge in [-0.25, -0.2) is 4.98 Å². The molecule has 0 aliphatic heterocycles. The molecule has 1 aliphatic rings. The van der Waals surface area contributed by atoms with E-state index < -0.39 is 5.41 Å². The van der Waals surface area contributed by atoms with Crippen LogP contribution in [0.1, 0.15) is 22.3 Å². The summed E-state index contributed by atoms with van der Waals surface area (Å²) >= 11 is 6.77. The third kappa shape index (κ3) is 4.56. The molecule has 0 saturated heterocycles. The second kappa shape index (κ2) is 12.1. The van der Waals surface area contributed by atoms with Crippen LogP contribution in [-0.4, -0.2) is 15.0 Å². The Balaban J connectivity index is 1.15. The van der Waals surface area contributed by atoms with Crippen LogP contribution in [0, 0.1) is 0 Å². The maximum absolute atomic E-state index is 6.77. The highest BCUT2D eigenvalue weighted by molar-refractivity contribution is 6.28. The van der Waals surface area contributed by atoms with Crippen LogP contribution in [0.2, 0.25) is 5.28 Å². The first-order valence-electron chi connectivity index (χ1n) is 17.5. The molecule has 52 heavy (non-hydrogen) atoms. The van der Waals surface area contributed by atoms with E-state index in [-0.39, 0.29) is 5.28 Å². The molecular formula is C48H30ClN3. The van der Waals surface area contributed by atoms with E-state index >= 15 is 0 Å². The van der Waals surface area contributed by atoms with Crippen molar-refractivity contribution in [1.29, 1.82) is 0 Å². The summed E-state index contributed by atoms with van der Waals surface area (Å²) in [4.78, 5) is 14.6. The summed E-state index contributed by atoms with van der Waals surface area (Å²) in [6.07, 6.45) is 0. The second-order valence-electron chi connectivity index (χ2n) is 13.2. The molecule has 0 radical (unpaired) electrons. The Hall–Kier alpha value is -6.42. The third-order valence-corrected chi connectivity index (χ3v) is 10.7. The van der Waals surface area contributed by atoms with Gasteiger partial charge in [-0.05, 0) is 77.7 Å². The molecule has 0 unspecified atom stereocenters. The van der Waals surface area contributed by atoms with Crippen LogP contribution in [0.5, 0.6) is 0 Å². The normalized spacial score (nSPS) is 12.9. The summed E-state index contributed by atoms with van der Waals surface area (Å²) in [5.41, 5.74) is 11.2. The lowest BCUT2D eigenvalue weighted by atomic mass is 9.67. The Bertz CT molecular complexity index is 2690. The monoisotopic (exact) mass is 683 g/mol. The molecule has 0 bridgehead atoms. The number of halogens is 1. The summed E-state index contributed by atoms with van der Waals surface area (Å²) in [5, 5.41) is 4.55. The van der Waals surface area contributed by atoms with Crippen molar-refractivity contribution >= 4 is 33.1 Å². The molecule has 0 saturated carbocycles. The molecule has 9 aromatic rings. The molecule has 0 atom stereocenters. The quantitative estimate of drug-likeness (QED) is 0.169. The second-order valence-corrected chi connectivity index (χ2v) is 13.6. The van der Waals surface area contributed by atoms with Crippen molar-refractivity contribution in [3.8, 4) is 45.0 Å². The van der Waals surface area contributed by atoms with Gasteiger partial charge in [0.15, 0.2) is 11.6 Å². The van der Waals surface area contributed by atoms with Crippen molar-refractivity contribution in [3.63, 3.8) is 0 Å². The zero-order valence-electron chi connectivity index (χ0n) is 28.0. The van der Waals surface area contributed by atoms with E-state index in [2.05, 4.69) is 187 Å². The van der Waals surface area contributed by atoms with Gasteiger partial charge in [-0.3, -0.25) is 0 Å². The zero-order chi connectivity index (χ0) is 34.6. The molecule has 8 aromatic carbocycles. The highest BCUT2D eigenvalue weighted by Gasteiger charge is 2.45. The number of hydrogen-bond acceptors (Lipinski definition) is 3. The van der Waals surface area contributed by atoms with Gasteiger partial charge in [-0.15, -0.1) is 0 Å². The van der Waals surface area contributed by atoms with Gasteiger partial charge >= 0.3 is 0 Å². The summed E-state index contributed by atoms with van der Waals surface area (Å²) in [6, 6.07) is 64.6. The van der Waals surface area contributed by atoms with Gasteiger partial charge in [0.25, 0.3) is 0 Å². The summed E-state index contributed by atoms with van der Waals surface area (Å²) in [5.74, 6) is 1.08. The van der Waals surface area contributed by atoms with Gasteiger partial charge in [0.2, 0.25) is 5.28 Å². The van der Waals surface area contributed by atoms with Crippen LogP contribution in [0.15, 0.2) is 182 Å². The summed E-state index contributed by atoms with van der Waals surface area (Å²) in [6.45, 7) is 0. The van der Waals surface area contributed by atoms with Crippen LogP contribution in [0.25, 0.3) is 66.6 Å². The van der Waals surface area contributed by atoms with Crippen LogP contribution in [0.4, 0.5) is 0 Å². The van der Waals surface area contributed by atoms with Crippen molar-refractivity contribution < 1.29 is 0 Å². The standard InChI is InChI=1S/C48H30ClN3/c49-47-51-45(50-46(52-47)44-39-23-9-7-21-37(39)43(31-15-3-1-4-16-31)38-22-8-10-24-40(38)44)32-27-29-34(30-28-32)48(33-17-5-2-6-18-33)41-25-13-11-19-35(41)36-20-12-14-26-42(36)48/h1-30H. The fraction of sp³-hybridized carbons (Fsp3) is 0.0208. The van der Waals surface area contributed by atoms with Gasteiger partial charge in [-0.1, -0.05) is 182 Å². The molecule has 10 rings (SSSR count). The first-order valence-corrected chi connectivity index (χ1v) is 17.9. The van der Waals surface area contributed by atoms with Crippen LogP contribution >= 0.6 is 11.6 Å². The molecule has 0 amide bonds. The fourth-order valence-electron chi connectivity index (χ4n) is 8.46. The highest BCUT2D eigenvalue weighted by Crippen LogP contribution is 2.56. The topological polar surface area (TPSA) is 38.7 Å². The molecule has 3 nitrogen and oxygen atoms in total. The third-order valence-electron chi connectivity index (χ3n) is 10.6. The Morgan fingerprint density at radius 1 is 0.346 bits per heavy atom. The molecular weight excluding hydrogens is 654 g/mol. The molecule has 4 heteroatoms. The predicted octanol–water partition coefficient (Wildman–Crippen LogP) is 12.2. The van der Waals surface area contributed by atoms with Gasteiger partial charge in [-0.2, -0.15) is 9.97 Å². The molecule has 0 N–H and O–H groups in total. The number of aromatic nitrogens is 3. The molecule has 1 aliphatic carbocycles. The maximum atomic E-state index is 6.77. The van der Waals surface area contributed by atoms with E-state index in [0.717, 1.165) is 38.2 Å². The maximum Gasteiger partial charge on any atom is 0.226 e. The lowest BCUT2D eigenvalue weighted by Gasteiger charge is -2.34. The highest BCUT2D eigenvalue weighted by atomic mass is 35.5. The molecule has 1 aromatic heterocycles. The predicted molar refractivity (Wildman–Crippen MR) is 213 cm³/mol. The van der Waals surface area contributed by atoms with Gasteiger partial charge < -0.3 is 0 Å².